The number of rotatable bonds is 6. The summed E-state index contributed by atoms with van der Waals surface area (Å²) in [6.07, 6.45) is 6.13. The lowest BCUT2D eigenvalue weighted by atomic mass is 10.2. The fourth-order valence-electron chi connectivity index (χ4n) is 3.55. The Bertz CT molecular complexity index is 1300. The predicted octanol–water partition coefficient (Wildman–Crippen LogP) is 4.00. The molecule has 5 aromatic rings. The van der Waals surface area contributed by atoms with Gasteiger partial charge in [-0.25, -0.2) is 15.0 Å². The Hall–Kier alpha value is -3.81. The van der Waals surface area contributed by atoms with Crippen molar-refractivity contribution in [1.29, 1.82) is 0 Å². The van der Waals surface area contributed by atoms with Gasteiger partial charge in [0.05, 0.1) is 11.8 Å². The molecule has 0 fully saturated rings. The number of H-pyrrole nitrogens is 1. The van der Waals surface area contributed by atoms with Crippen LogP contribution in [0.5, 0.6) is 0 Å². The summed E-state index contributed by atoms with van der Waals surface area (Å²) < 4.78 is 2.06. The first-order chi connectivity index (χ1) is 14.7. The van der Waals surface area contributed by atoms with Gasteiger partial charge in [-0.2, -0.15) is 5.10 Å². The van der Waals surface area contributed by atoms with Crippen molar-refractivity contribution in [2.75, 3.05) is 11.9 Å². The van der Waals surface area contributed by atoms with E-state index in [9.17, 15) is 0 Å². The number of nitrogens with one attached hydrogen (secondary N) is 2. The number of fused-ring (bicyclic) bond motifs is 2. The lowest BCUT2D eigenvalue weighted by Gasteiger charge is -2.11. The second-order valence-corrected chi connectivity index (χ2v) is 7.45. The quantitative estimate of drug-likeness (QED) is 0.449. The molecule has 4 heterocycles. The van der Waals surface area contributed by atoms with E-state index in [0.29, 0.717) is 12.4 Å². The van der Waals surface area contributed by atoms with E-state index < -0.39 is 0 Å². The zero-order valence-electron chi connectivity index (χ0n) is 16.9. The number of imidazole rings is 1. The van der Waals surface area contributed by atoms with Gasteiger partial charge in [0, 0.05) is 48.0 Å². The Labute approximate surface area is 173 Å². The number of aromatic nitrogens is 7. The van der Waals surface area contributed by atoms with Crippen molar-refractivity contribution in [2.45, 2.75) is 26.3 Å². The molecule has 0 saturated carbocycles. The van der Waals surface area contributed by atoms with E-state index in [2.05, 4.69) is 50.0 Å². The van der Waals surface area contributed by atoms with Gasteiger partial charge >= 0.3 is 0 Å². The highest BCUT2D eigenvalue weighted by atomic mass is 15.2. The molecule has 0 bridgehead atoms. The van der Waals surface area contributed by atoms with Crippen LogP contribution in [-0.4, -0.2) is 41.2 Å². The third-order valence-electron chi connectivity index (χ3n) is 5.11. The molecule has 30 heavy (non-hydrogen) atoms. The zero-order valence-corrected chi connectivity index (χ0v) is 16.9. The summed E-state index contributed by atoms with van der Waals surface area (Å²) in [6, 6.07) is 12.2. The van der Waals surface area contributed by atoms with Crippen LogP contribution in [0.1, 0.15) is 25.6 Å². The molecule has 8 heteroatoms. The highest BCUT2D eigenvalue weighted by Crippen LogP contribution is 2.25. The Morgan fingerprint density at radius 1 is 1.10 bits per heavy atom. The second-order valence-electron chi connectivity index (χ2n) is 7.45. The van der Waals surface area contributed by atoms with E-state index in [1.807, 2.05) is 36.7 Å². The normalized spacial score (nSPS) is 11.6. The van der Waals surface area contributed by atoms with E-state index in [4.69, 9.17) is 9.97 Å². The molecule has 150 valence electrons. The van der Waals surface area contributed by atoms with Crippen molar-refractivity contribution < 1.29 is 0 Å². The minimum atomic E-state index is 0.246. The van der Waals surface area contributed by atoms with E-state index in [1.165, 1.54) is 0 Å². The number of hydrogen-bond acceptors (Lipinski definition) is 6. The monoisotopic (exact) mass is 398 g/mol. The molecule has 0 radical (unpaired) electrons. The van der Waals surface area contributed by atoms with Gasteiger partial charge in [-0.3, -0.25) is 10.1 Å². The molecule has 4 aromatic heterocycles. The largest absolute Gasteiger partial charge is 0.368 e. The van der Waals surface area contributed by atoms with Crippen molar-refractivity contribution >= 4 is 27.9 Å². The Morgan fingerprint density at radius 3 is 2.83 bits per heavy atom. The molecule has 0 spiro atoms. The third-order valence-corrected chi connectivity index (χ3v) is 5.11. The Kier molecular flexibility index (Phi) is 4.59. The van der Waals surface area contributed by atoms with E-state index in [-0.39, 0.29) is 6.04 Å². The van der Waals surface area contributed by atoms with Crippen LogP contribution in [0.15, 0.2) is 55.1 Å². The van der Waals surface area contributed by atoms with Crippen LogP contribution < -0.4 is 5.32 Å². The second kappa shape index (κ2) is 7.55. The van der Waals surface area contributed by atoms with Crippen LogP contribution in [0.2, 0.25) is 0 Å². The first-order valence-corrected chi connectivity index (χ1v) is 10.0. The molecule has 0 unspecified atom stereocenters. The Balaban J connectivity index is 1.48. The predicted molar refractivity (Wildman–Crippen MR) is 117 cm³/mol. The number of pyridine rings is 1. The SMILES string of the molecule is CC(C)n1cnc2c(NCCc3[nH]nc4ccccc34)nc(-c3cccnc3)nc21. The van der Waals surface area contributed by atoms with Crippen LogP contribution in [-0.2, 0) is 6.42 Å². The average molecular weight is 398 g/mol. The molecule has 5 rings (SSSR count). The molecule has 0 saturated heterocycles. The molecular formula is C22H22N8. The van der Waals surface area contributed by atoms with Gasteiger partial charge < -0.3 is 9.88 Å². The summed E-state index contributed by atoms with van der Waals surface area (Å²) in [4.78, 5) is 18.3. The molecule has 1 aromatic carbocycles. The zero-order chi connectivity index (χ0) is 20.5. The van der Waals surface area contributed by atoms with Crippen molar-refractivity contribution in [3.8, 4) is 11.4 Å². The maximum absolute atomic E-state index is 4.78. The molecule has 0 aliphatic rings. The topological polar surface area (TPSA) is 97.2 Å². The summed E-state index contributed by atoms with van der Waals surface area (Å²) in [5.41, 5.74) is 4.53. The maximum Gasteiger partial charge on any atom is 0.166 e. The van der Waals surface area contributed by atoms with Crippen LogP contribution in [0, 0.1) is 0 Å². The standard InChI is InChI=1S/C22H22N8/c1-14(2)30-13-25-19-21(26-20(27-22(19)30)15-6-5-10-23-12-15)24-11-9-18-16-7-3-4-8-17(16)28-29-18/h3-8,10,12-14H,9,11H2,1-2H3,(H,28,29)(H,24,26,27). The van der Waals surface area contributed by atoms with E-state index >= 15 is 0 Å². The number of nitrogens with zero attached hydrogens (tertiary/aromatic N) is 6. The first-order valence-electron chi connectivity index (χ1n) is 10.0. The van der Waals surface area contributed by atoms with E-state index in [0.717, 1.165) is 45.6 Å². The smallest absolute Gasteiger partial charge is 0.166 e. The fraction of sp³-hybridized carbons (Fsp3) is 0.227. The number of anilines is 1. The van der Waals surface area contributed by atoms with Gasteiger partial charge in [0.25, 0.3) is 0 Å². The van der Waals surface area contributed by atoms with Crippen molar-refractivity contribution in [1.82, 2.24) is 34.7 Å². The van der Waals surface area contributed by atoms with Crippen molar-refractivity contribution in [3.05, 3.63) is 60.8 Å². The number of para-hydroxylation sites is 1. The van der Waals surface area contributed by atoms with Crippen molar-refractivity contribution in [2.24, 2.45) is 0 Å². The summed E-state index contributed by atoms with van der Waals surface area (Å²) in [6.45, 7) is 4.92. The summed E-state index contributed by atoms with van der Waals surface area (Å²) >= 11 is 0. The number of aromatic amines is 1. The van der Waals surface area contributed by atoms with Crippen LogP contribution in [0.4, 0.5) is 5.82 Å². The molecular weight excluding hydrogens is 376 g/mol. The molecule has 0 amide bonds. The lowest BCUT2D eigenvalue weighted by molar-refractivity contribution is 0.613. The fourth-order valence-corrected chi connectivity index (χ4v) is 3.55. The maximum atomic E-state index is 4.78. The van der Waals surface area contributed by atoms with Crippen LogP contribution >= 0.6 is 0 Å². The summed E-state index contributed by atoms with van der Waals surface area (Å²) in [5, 5.41) is 12.1. The minimum absolute atomic E-state index is 0.246. The van der Waals surface area contributed by atoms with Gasteiger partial charge in [0.2, 0.25) is 0 Å². The summed E-state index contributed by atoms with van der Waals surface area (Å²) in [7, 11) is 0. The van der Waals surface area contributed by atoms with Crippen molar-refractivity contribution in [3.63, 3.8) is 0 Å². The highest BCUT2D eigenvalue weighted by molar-refractivity contribution is 5.85. The molecule has 8 nitrogen and oxygen atoms in total. The van der Waals surface area contributed by atoms with Gasteiger partial charge in [0.15, 0.2) is 17.3 Å². The number of hydrogen-bond donors (Lipinski definition) is 2. The summed E-state index contributed by atoms with van der Waals surface area (Å²) in [5.74, 6) is 1.36. The molecule has 0 atom stereocenters. The van der Waals surface area contributed by atoms with Gasteiger partial charge in [-0.05, 0) is 32.0 Å². The molecule has 0 aliphatic carbocycles. The van der Waals surface area contributed by atoms with Gasteiger partial charge in [-0.15, -0.1) is 0 Å². The van der Waals surface area contributed by atoms with Gasteiger partial charge in [-0.1, -0.05) is 18.2 Å². The lowest BCUT2D eigenvalue weighted by Crippen LogP contribution is -2.09. The average Bonchev–Trinajstić information content (AvgIpc) is 3.39. The van der Waals surface area contributed by atoms with Crippen LogP contribution in [0.3, 0.4) is 0 Å². The Morgan fingerprint density at radius 2 is 2.00 bits per heavy atom. The number of benzene rings is 1. The third kappa shape index (κ3) is 3.26. The first kappa shape index (κ1) is 18.2. The molecule has 0 aliphatic heterocycles. The van der Waals surface area contributed by atoms with E-state index in [1.54, 1.807) is 12.4 Å². The molecule has 2 N–H and O–H groups in total. The van der Waals surface area contributed by atoms with Crippen LogP contribution in [0.25, 0.3) is 33.5 Å². The minimum Gasteiger partial charge on any atom is -0.368 e. The highest BCUT2D eigenvalue weighted by Gasteiger charge is 2.16. The van der Waals surface area contributed by atoms with Gasteiger partial charge in [0.1, 0.15) is 5.52 Å².